The molecule has 1 aromatic carbocycles. The van der Waals surface area contributed by atoms with Crippen LogP contribution in [0.15, 0.2) is 30.3 Å². The zero-order valence-corrected chi connectivity index (χ0v) is 11.4. The molecule has 1 atom stereocenters. The number of anilines is 1. The van der Waals surface area contributed by atoms with Crippen LogP contribution in [-0.4, -0.2) is 29.3 Å². The maximum Gasteiger partial charge on any atom is 0.329 e. The molecule has 0 amide bonds. The summed E-state index contributed by atoms with van der Waals surface area (Å²) >= 11 is 0. The second-order valence-electron chi connectivity index (χ2n) is 5.27. The second kappa shape index (κ2) is 5.40. The van der Waals surface area contributed by atoms with Crippen LogP contribution in [0.2, 0.25) is 0 Å². The van der Waals surface area contributed by atoms with E-state index < -0.39 is 17.1 Å². The van der Waals surface area contributed by atoms with Gasteiger partial charge in [-0.05, 0) is 32.9 Å². The Bertz CT molecular complexity index is 403. The highest BCUT2D eigenvalue weighted by molar-refractivity contribution is 5.82. The third kappa shape index (κ3) is 3.74. The quantitative estimate of drug-likeness (QED) is 0.816. The fourth-order valence-corrected chi connectivity index (χ4v) is 1.94. The number of carboxylic acids is 1. The van der Waals surface area contributed by atoms with Gasteiger partial charge in [-0.25, -0.2) is 4.79 Å². The molecule has 0 aliphatic rings. The Morgan fingerprint density at radius 2 is 1.83 bits per heavy atom. The first-order valence-corrected chi connectivity index (χ1v) is 5.91. The molecule has 0 aliphatic carbocycles. The number of hydrogen-bond donors (Lipinski definition) is 2. The van der Waals surface area contributed by atoms with Gasteiger partial charge in [0.2, 0.25) is 0 Å². The lowest BCUT2D eigenvalue weighted by molar-refractivity contribution is -0.144. The van der Waals surface area contributed by atoms with Crippen LogP contribution in [0.25, 0.3) is 0 Å². The van der Waals surface area contributed by atoms with Crippen molar-refractivity contribution in [3.05, 3.63) is 30.3 Å². The molecular weight excluding hydrogens is 230 g/mol. The van der Waals surface area contributed by atoms with Gasteiger partial charge < -0.3 is 15.2 Å². The summed E-state index contributed by atoms with van der Waals surface area (Å²) in [6.45, 7) is 5.42. The third-order valence-electron chi connectivity index (χ3n) is 3.00. The third-order valence-corrected chi connectivity index (χ3v) is 3.00. The van der Waals surface area contributed by atoms with Crippen molar-refractivity contribution in [3.8, 4) is 0 Å². The SMILES string of the molecule is COC(C)(C)CC(C)(Nc1ccccc1)C(=O)O. The summed E-state index contributed by atoms with van der Waals surface area (Å²) in [6, 6.07) is 9.32. The highest BCUT2D eigenvalue weighted by Crippen LogP contribution is 2.27. The number of ether oxygens (including phenoxy) is 1. The van der Waals surface area contributed by atoms with Crippen molar-refractivity contribution < 1.29 is 14.6 Å². The number of methoxy groups -OCH3 is 1. The van der Waals surface area contributed by atoms with Crippen molar-refractivity contribution in [2.24, 2.45) is 0 Å². The fourth-order valence-electron chi connectivity index (χ4n) is 1.94. The normalized spacial score (nSPS) is 14.9. The largest absolute Gasteiger partial charge is 0.480 e. The second-order valence-corrected chi connectivity index (χ2v) is 5.27. The van der Waals surface area contributed by atoms with E-state index in [1.165, 1.54) is 0 Å². The molecule has 0 aromatic heterocycles. The Labute approximate surface area is 108 Å². The van der Waals surface area contributed by atoms with Gasteiger partial charge in [0.15, 0.2) is 0 Å². The van der Waals surface area contributed by atoms with Crippen LogP contribution in [0.1, 0.15) is 27.2 Å². The lowest BCUT2D eigenvalue weighted by Gasteiger charge is -2.35. The molecule has 0 radical (unpaired) electrons. The molecule has 1 aromatic rings. The van der Waals surface area contributed by atoms with Gasteiger partial charge >= 0.3 is 5.97 Å². The van der Waals surface area contributed by atoms with Gasteiger partial charge in [0.25, 0.3) is 0 Å². The van der Waals surface area contributed by atoms with Crippen molar-refractivity contribution in [3.63, 3.8) is 0 Å². The molecule has 1 unspecified atom stereocenters. The summed E-state index contributed by atoms with van der Waals surface area (Å²) in [4.78, 5) is 11.5. The molecule has 4 nitrogen and oxygen atoms in total. The average Bonchev–Trinajstić information content (AvgIpc) is 2.29. The van der Waals surface area contributed by atoms with Crippen LogP contribution in [0.5, 0.6) is 0 Å². The van der Waals surface area contributed by atoms with Gasteiger partial charge in [0, 0.05) is 19.2 Å². The van der Waals surface area contributed by atoms with E-state index in [2.05, 4.69) is 5.32 Å². The van der Waals surface area contributed by atoms with Crippen molar-refractivity contribution in [1.82, 2.24) is 0 Å². The van der Waals surface area contributed by atoms with Gasteiger partial charge in [-0.3, -0.25) is 0 Å². The van der Waals surface area contributed by atoms with E-state index in [0.717, 1.165) is 5.69 Å². The van der Waals surface area contributed by atoms with Crippen molar-refractivity contribution >= 4 is 11.7 Å². The lowest BCUT2D eigenvalue weighted by Crippen LogP contribution is -2.49. The number of carbonyl (C=O) groups is 1. The van der Waals surface area contributed by atoms with Gasteiger partial charge in [-0.2, -0.15) is 0 Å². The van der Waals surface area contributed by atoms with E-state index in [0.29, 0.717) is 6.42 Å². The van der Waals surface area contributed by atoms with Crippen LogP contribution in [0.3, 0.4) is 0 Å². The Morgan fingerprint density at radius 1 is 1.28 bits per heavy atom. The molecule has 1 rings (SSSR count). The van der Waals surface area contributed by atoms with E-state index in [1.807, 2.05) is 44.2 Å². The van der Waals surface area contributed by atoms with E-state index in [1.54, 1.807) is 14.0 Å². The number of aliphatic carboxylic acids is 1. The van der Waals surface area contributed by atoms with Crippen LogP contribution in [0.4, 0.5) is 5.69 Å². The standard InChI is InChI=1S/C14H21NO3/c1-13(2,18-4)10-14(3,12(16)17)15-11-8-6-5-7-9-11/h5-9,15H,10H2,1-4H3,(H,16,17). The highest BCUT2D eigenvalue weighted by Gasteiger charge is 2.39. The molecule has 4 heteroatoms. The predicted molar refractivity (Wildman–Crippen MR) is 71.8 cm³/mol. The predicted octanol–water partition coefficient (Wildman–Crippen LogP) is 2.76. The number of benzene rings is 1. The molecule has 18 heavy (non-hydrogen) atoms. The Morgan fingerprint density at radius 3 is 2.28 bits per heavy atom. The first-order chi connectivity index (χ1) is 8.29. The summed E-state index contributed by atoms with van der Waals surface area (Å²) in [5.41, 5.74) is -0.787. The molecule has 0 spiro atoms. The van der Waals surface area contributed by atoms with Crippen LogP contribution < -0.4 is 5.32 Å². The Hall–Kier alpha value is -1.55. The number of hydrogen-bond acceptors (Lipinski definition) is 3. The van der Waals surface area contributed by atoms with E-state index in [9.17, 15) is 9.90 Å². The molecule has 0 saturated carbocycles. The Balaban J connectivity index is 2.91. The molecule has 0 fully saturated rings. The molecule has 0 saturated heterocycles. The first kappa shape index (κ1) is 14.5. The van der Waals surface area contributed by atoms with E-state index >= 15 is 0 Å². The van der Waals surface area contributed by atoms with Crippen molar-refractivity contribution in [1.29, 1.82) is 0 Å². The zero-order chi connectivity index (χ0) is 13.8. The number of para-hydroxylation sites is 1. The van der Waals surface area contributed by atoms with Gasteiger partial charge in [-0.1, -0.05) is 18.2 Å². The minimum absolute atomic E-state index is 0.362. The summed E-state index contributed by atoms with van der Waals surface area (Å²) in [5.74, 6) is -0.892. The maximum absolute atomic E-state index is 11.5. The Kier molecular flexibility index (Phi) is 4.35. The maximum atomic E-state index is 11.5. The summed E-state index contributed by atoms with van der Waals surface area (Å²) < 4.78 is 5.32. The van der Waals surface area contributed by atoms with Crippen molar-refractivity contribution in [2.75, 3.05) is 12.4 Å². The minimum atomic E-state index is -1.07. The van der Waals surface area contributed by atoms with E-state index in [-0.39, 0.29) is 0 Å². The first-order valence-electron chi connectivity index (χ1n) is 5.91. The molecule has 100 valence electrons. The zero-order valence-electron chi connectivity index (χ0n) is 11.4. The topological polar surface area (TPSA) is 58.6 Å². The average molecular weight is 251 g/mol. The molecule has 0 aliphatic heterocycles. The van der Waals surface area contributed by atoms with Gasteiger partial charge in [-0.15, -0.1) is 0 Å². The molecule has 2 N–H and O–H groups in total. The highest BCUT2D eigenvalue weighted by atomic mass is 16.5. The minimum Gasteiger partial charge on any atom is -0.480 e. The van der Waals surface area contributed by atoms with Crippen molar-refractivity contribution in [2.45, 2.75) is 38.3 Å². The molecule has 0 bridgehead atoms. The fraction of sp³-hybridized carbons (Fsp3) is 0.500. The number of nitrogens with one attached hydrogen (secondary N) is 1. The van der Waals surface area contributed by atoms with Crippen LogP contribution in [-0.2, 0) is 9.53 Å². The number of carboxylic acid groups (broad SMARTS) is 1. The molecule has 0 heterocycles. The van der Waals surface area contributed by atoms with Gasteiger partial charge in [0.1, 0.15) is 5.54 Å². The van der Waals surface area contributed by atoms with E-state index in [4.69, 9.17) is 4.74 Å². The van der Waals surface area contributed by atoms with Gasteiger partial charge in [0.05, 0.1) is 5.60 Å². The molecular formula is C14H21NO3. The lowest BCUT2D eigenvalue weighted by atomic mass is 9.87. The summed E-state index contributed by atoms with van der Waals surface area (Å²) in [7, 11) is 1.59. The summed E-state index contributed by atoms with van der Waals surface area (Å²) in [5, 5.41) is 12.5. The van der Waals surface area contributed by atoms with Crippen LogP contribution >= 0.6 is 0 Å². The summed E-state index contributed by atoms with van der Waals surface area (Å²) in [6.07, 6.45) is 0.362. The smallest absolute Gasteiger partial charge is 0.329 e. The number of rotatable bonds is 6. The van der Waals surface area contributed by atoms with Crippen LogP contribution in [0, 0.1) is 0 Å². The monoisotopic (exact) mass is 251 g/mol.